The van der Waals surface area contributed by atoms with Crippen LogP contribution in [-0.4, -0.2) is 18.5 Å². The van der Waals surface area contributed by atoms with Crippen molar-refractivity contribution in [2.45, 2.75) is 38.6 Å². The molecule has 4 heteroatoms. The minimum absolute atomic E-state index is 0.0423. The molecule has 1 aromatic rings. The Morgan fingerprint density at radius 1 is 1.44 bits per heavy atom. The van der Waals surface area contributed by atoms with Gasteiger partial charge in [0.25, 0.3) is 0 Å². The Kier molecular flexibility index (Phi) is 6.16. The van der Waals surface area contributed by atoms with Crippen molar-refractivity contribution in [2.24, 2.45) is 5.73 Å². The highest BCUT2D eigenvalue weighted by molar-refractivity contribution is 6.30. The molecule has 0 aromatic heterocycles. The standard InChI is InChI=1S/C14H21ClN2O/c1-10(2)17-14(18)13(7-4-8-16)11-5-3-6-12(15)9-11/h3,5-6,9-10,13H,4,7-8,16H2,1-2H3,(H,17,18). The summed E-state index contributed by atoms with van der Waals surface area (Å²) in [6.07, 6.45) is 1.57. The fraction of sp³-hybridized carbons (Fsp3) is 0.500. The summed E-state index contributed by atoms with van der Waals surface area (Å²) in [5.74, 6) is -0.129. The van der Waals surface area contributed by atoms with E-state index in [1.54, 1.807) is 0 Å². The second-order valence-electron chi connectivity index (χ2n) is 4.70. The van der Waals surface area contributed by atoms with Gasteiger partial charge in [-0.3, -0.25) is 4.79 Å². The van der Waals surface area contributed by atoms with Crippen LogP contribution in [0.1, 0.15) is 38.2 Å². The van der Waals surface area contributed by atoms with Crippen molar-refractivity contribution >= 4 is 17.5 Å². The third kappa shape index (κ3) is 4.67. The summed E-state index contributed by atoms with van der Waals surface area (Å²) in [5, 5.41) is 3.60. The van der Waals surface area contributed by atoms with Gasteiger partial charge in [-0.1, -0.05) is 23.7 Å². The van der Waals surface area contributed by atoms with E-state index in [1.807, 2.05) is 38.1 Å². The van der Waals surface area contributed by atoms with Gasteiger partial charge in [-0.15, -0.1) is 0 Å². The van der Waals surface area contributed by atoms with Crippen molar-refractivity contribution in [3.8, 4) is 0 Å². The Morgan fingerprint density at radius 2 is 2.17 bits per heavy atom. The number of hydrogen-bond donors (Lipinski definition) is 2. The number of benzene rings is 1. The zero-order valence-corrected chi connectivity index (χ0v) is 11.7. The Labute approximate surface area is 114 Å². The lowest BCUT2D eigenvalue weighted by atomic mass is 9.93. The fourth-order valence-electron chi connectivity index (χ4n) is 1.88. The number of rotatable bonds is 6. The van der Waals surface area contributed by atoms with Crippen LogP contribution >= 0.6 is 11.6 Å². The van der Waals surface area contributed by atoms with Crippen LogP contribution in [0.5, 0.6) is 0 Å². The molecular formula is C14H21ClN2O. The lowest BCUT2D eigenvalue weighted by molar-refractivity contribution is -0.123. The smallest absolute Gasteiger partial charge is 0.227 e. The van der Waals surface area contributed by atoms with Crippen LogP contribution in [0.25, 0.3) is 0 Å². The van der Waals surface area contributed by atoms with Gasteiger partial charge in [0.1, 0.15) is 0 Å². The van der Waals surface area contributed by atoms with Crippen LogP contribution in [0.15, 0.2) is 24.3 Å². The number of nitrogens with one attached hydrogen (secondary N) is 1. The van der Waals surface area contributed by atoms with E-state index in [0.717, 1.165) is 18.4 Å². The molecule has 18 heavy (non-hydrogen) atoms. The molecule has 0 aliphatic carbocycles. The van der Waals surface area contributed by atoms with Crippen LogP contribution < -0.4 is 11.1 Å². The SMILES string of the molecule is CC(C)NC(=O)C(CCCN)c1cccc(Cl)c1. The predicted octanol–water partition coefficient (Wildman–Crippen LogP) is 2.69. The van der Waals surface area contributed by atoms with Gasteiger partial charge in [0.05, 0.1) is 5.92 Å². The Balaban J connectivity index is 2.86. The molecule has 0 radical (unpaired) electrons. The Bertz CT molecular complexity index is 393. The first-order valence-electron chi connectivity index (χ1n) is 6.30. The highest BCUT2D eigenvalue weighted by atomic mass is 35.5. The minimum Gasteiger partial charge on any atom is -0.353 e. The van der Waals surface area contributed by atoms with E-state index in [4.69, 9.17) is 17.3 Å². The predicted molar refractivity (Wildman–Crippen MR) is 75.8 cm³/mol. The molecule has 0 fully saturated rings. The number of carbonyl (C=O) groups excluding carboxylic acids is 1. The minimum atomic E-state index is -0.172. The van der Waals surface area contributed by atoms with Gasteiger partial charge in [-0.25, -0.2) is 0 Å². The number of carbonyl (C=O) groups is 1. The van der Waals surface area contributed by atoms with E-state index in [1.165, 1.54) is 0 Å². The van der Waals surface area contributed by atoms with Gasteiger partial charge in [-0.2, -0.15) is 0 Å². The van der Waals surface area contributed by atoms with E-state index in [2.05, 4.69) is 5.32 Å². The molecule has 0 aliphatic heterocycles. The molecule has 0 bridgehead atoms. The summed E-state index contributed by atoms with van der Waals surface area (Å²) in [5.41, 5.74) is 6.48. The summed E-state index contributed by atoms with van der Waals surface area (Å²) in [6, 6.07) is 7.61. The first-order valence-corrected chi connectivity index (χ1v) is 6.68. The van der Waals surface area contributed by atoms with Gasteiger partial charge in [-0.05, 0) is 50.9 Å². The van der Waals surface area contributed by atoms with E-state index >= 15 is 0 Å². The number of nitrogens with two attached hydrogens (primary N) is 1. The molecule has 100 valence electrons. The summed E-state index contributed by atoms with van der Waals surface area (Å²) >= 11 is 5.98. The Morgan fingerprint density at radius 3 is 2.72 bits per heavy atom. The normalized spacial score (nSPS) is 12.5. The molecule has 1 aromatic carbocycles. The molecular weight excluding hydrogens is 248 g/mol. The van der Waals surface area contributed by atoms with Crippen molar-refractivity contribution in [3.05, 3.63) is 34.9 Å². The van der Waals surface area contributed by atoms with Crippen LogP contribution in [0, 0.1) is 0 Å². The maximum atomic E-state index is 12.2. The van der Waals surface area contributed by atoms with Crippen LogP contribution in [0.2, 0.25) is 5.02 Å². The van der Waals surface area contributed by atoms with E-state index in [0.29, 0.717) is 11.6 Å². The monoisotopic (exact) mass is 268 g/mol. The number of hydrogen-bond acceptors (Lipinski definition) is 2. The molecule has 1 unspecified atom stereocenters. The van der Waals surface area contributed by atoms with E-state index < -0.39 is 0 Å². The summed E-state index contributed by atoms with van der Waals surface area (Å²) in [4.78, 5) is 12.2. The van der Waals surface area contributed by atoms with Crippen LogP contribution in [-0.2, 0) is 4.79 Å². The quantitative estimate of drug-likeness (QED) is 0.833. The molecule has 3 nitrogen and oxygen atoms in total. The second kappa shape index (κ2) is 7.39. The second-order valence-corrected chi connectivity index (χ2v) is 5.14. The molecule has 3 N–H and O–H groups in total. The van der Waals surface area contributed by atoms with E-state index in [-0.39, 0.29) is 17.9 Å². The topological polar surface area (TPSA) is 55.1 Å². The molecule has 0 spiro atoms. The van der Waals surface area contributed by atoms with Crippen molar-refractivity contribution in [1.29, 1.82) is 0 Å². The third-order valence-electron chi connectivity index (χ3n) is 2.70. The fourth-order valence-corrected chi connectivity index (χ4v) is 2.08. The molecule has 0 aliphatic rings. The van der Waals surface area contributed by atoms with Gasteiger partial charge in [0.2, 0.25) is 5.91 Å². The average molecular weight is 269 g/mol. The third-order valence-corrected chi connectivity index (χ3v) is 2.93. The summed E-state index contributed by atoms with van der Waals surface area (Å²) in [6.45, 7) is 4.50. The van der Waals surface area contributed by atoms with Gasteiger partial charge in [0, 0.05) is 11.1 Å². The van der Waals surface area contributed by atoms with Crippen molar-refractivity contribution < 1.29 is 4.79 Å². The van der Waals surface area contributed by atoms with Crippen molar-refractivity contribution in [2.75, 3.05) is 6.54 Å². The lowest BCUT2D eigenvalue weighted by Crippen LogP contribution is -2.34. The molecule has 1 rings (SSSR count). The van der Waals surface area contributed by atoms with Gasteiger partial charge >= 0.3 is 0 Å². The molecule has 1 amide bonds. The lowest BCUT2D eigenvalue weighted by Gasteiger charge is -2.19. The van der Waals surface area contributed by atoms with Crippen molar-refractivity contribution in [1.82, 2.24) is 5.32 Å². The van der Waals surface area contributed by atoms with E-state index in [9.17, 15) is 4.79 Å². The first kappa shape index (κ1) is 15.0. The van der Waals surface area contributed by atoms with Gasteiger partial charge < -0.3 is 11.1 Å². The highest BCUT2D eigenvalue weighted by Gasteiger charge is 2.20. The van der Waals surface area contributed by atoms with Crippen LogP contribution in [0.4, 0.5) is 0 Å². The van der Waals surface area contributed by atoms with Gasteiger partial charge in [0.15, 0.2) is 0 Å². The highest BCUT2D eigenvalue weighted by Crippen LogP contribution is 2.24. The molecule has 0 saturated heterocycles. The average Bonchev–Trinajstić information content (AvgIpc) is 2.28. The molecule has 0 heterocycles. The number of amides is 1. The summed E-state index contributed by atoms with van der Waals surface area (Å²) < 4.78 is 0. The maximum Gasteiger partial charge on any atom is 0.227 e. The van der Waals surface area contributed by atoms with Crippen LogP contribution in [0.3, 0.4) is 0 Å². The largest absolute Gasteiger partial charge is 0.353 e. The number of halogens is 1. The Hall–Kier alpha value is -1.06. The van der Waals surface area contributed by atoms with Crippen molar-refractivity contribution in [3.63, 3.8) is 0 Å². The zero-order valence-electron chi connectivity index (χ0n) is 10.9. The molecule has 0 saturated carbocycles. The summed E-state index contributed by atoms with van der Waals surface area (Å²) in [7, 11) is 0. The first-order chi connectivity index (χ1) is 8.54. The maximum absolute atomic E-state index is 12.2. The zero-order chi connectivity index (χ0) is 13.5. The molecule has 1 atom stereocenters.